The van der Waals surface area contributed by atoms with Gasteiger partial charge >= 0.3 is 5.97 Å². The summed E-state index contributed by atoms with van der Waals surface area (Å²) in [4.78, 5) is 17.9. The minimum absolute atomic E-state index is 0.0653. The summed E-state index contributed by atoms with van der Waals surface area (Å²) >= 11 is 6.24. The first-order valence-corrected chi connectivity index (χ1v) is 12.3. The number of nitrogens with one attached hydrogen (secondary N) is 1. The molecule has 0 radical (unpaired) electrons. The number of hydrogen-bond acceptors (Lipinski definition) is 5. The first-order chi connectivity index (χ1) is 15.7. The van der Waals surface area contributed by atoms with Crippen molar-refractivity contribution >= 4 is 29.1 Å². The summed E-state index contributed by atoms with van der Waals surface area (Å²) in [5.74, 6) is 1.29. The van der Waals surface area contributed by atoms with Gasteiger partial charge in [-0.25, -0.2) is 9.79 Å². The van der Waals surface area contributed by atoms with Gasteiger partial charge in [-0.05, 0) is 80.8 Å². The molecule has 0 bridgehead atoms. The Balaban J connectivity index is 1.64. The third-order valence-corrected chi connectivity index (χ3v) is 6.84. The van der Waals surface area contributed by atoms with E-state index < -0.39 is 11.6 Å². The zero-order valence-electron chi connectivity index (χ0n) is 19.9. The van der Waals surface area contributed by atoms with Crippen LogP contribution in [0.2, 0.25) is 5.02 Å². The van der Waals surface area contributed by atoms with E-state index in [1.54, 1.807) is 6.07 Å². The van der Waals surface area contributed by atoms with E-state index in [1.807, 2.05) is 39.0 Å². The first kappa shape index (κ1) is 23.8. The molecular weight excluding hydrogens is 434 g/mol. The van der Waals surface area contributed by atoms with Gasteiger partial charge in [-0.3, -0.25) is 5.32 Å². The molecular formula is C27H34ClN3O2. The van der Waals surface area contributed by atoms with Crippen molar-refractivity contribution in [3.05, 3.63) is 64.2 Å². The van der Waals surface area contributed by atoms with Crippen LogP contribution in [0, 0.1) is 5.92 Å². The van der Waals surface area contributed by atoms with E-state index in [0.717, 1.165) is 41.9 Å². The number of nitrogens with two attached hydrogens (primary N) is 1. The summed E-state index contributed by atoms with van der Waals surface area (Å²) in [6.45, 7) is 7.73. The Labute approximate surface area is 201 Å². The SMILES string of the molecule is CCC(NC(C(=O)OC(C)(C)C)c1cccc(Cl)c1)c1ccc2c(c1)N=C(N)C1CCCC21. The molecule has 5 nitrogen and oxygen atoms in total. The van der Waals surface area contributed by atoms with Crippen molar-refractivity contribution < 1.29 is 9.53 Å². The molecule has 1 saturated carbocycles. The molecule has 1 aliphatic carbocycles. The number of halogens is 1. The van der Waals surface area contributed by atoms with Crippen LogP contribution in [0.5, 0.6) is 0 Å². The van der Waals surface area contributed by atoms with Crippen LogP contribution in [0.4, 0.5) is 5.69 Å². The fraction of sp³-hybridized carbons (Fsp3) is 0.481. The Morgan fingerprint density at radius 2 is 1.94 bits per heavy atom. The molecule has 6 heteroatoms. The molecule has 1 aliphatic heterocycles. The van der Waals surface area contributed by atoms with Gasteiger partial charge in [0.25, 0.3) is 0 Å². The molecule has 0 aromatic heterocycles. The van der Waals surface area contributed by atoms with Gasteiger partial charge in [0.05, 0.1) is 5.69 Å². The number of amidine groups is 1. The van der Waals surface area contributed by atoms with Gasteiger partial charge in [-0.2, -0.15) is 0 Å². The van der Waals surface area contributed by atoms with Crippen molar-refractivity contribution in [3.63, 3.8) is 0 Å². The van der Waals surface area contributed by atoms with E-state index in [1.165, 1.54) is 12.0 Å². The normalized spacial score (nSPS) is 21.5. The van der Waals surface area contributed by atoms with Crippen LogP contribution in [0.15, 0.2) is 47.5 Å². The van der Waals surface area contributed by atoms with Crippen molar-refractivity contribution in [2.75, 3.05) is 0 Å². The molecule has 0 amide bonds. The lowest BCUT2D eigenvalue weighted by Gasteiger charge is -2.30. The fourth-order valence-corrected chi connectivity index (χ4v) is 5.29. The molecule has 2 aliphatic rings. The lowest BCUT2D eigenvalue weighted by Crippen LogP contribution is -2.37. The van der Waals surface area contributed by atoms with Gasteiger partial charge in [0.1, 0.15) is 17.5 Å². The summed E-state index contributed by atoms with van der Waals surface area (Å²) in [7, 11) is 0. The van der Waals surface area contributed by atoms with Crippen LogP contribution >= 0.6 is 11.6 Å². The second kappa shape index (κ2) is 9.47. The van der Waals surface area contributed by atoms with E-state index in [4.69, 9.17) is 27.1 Å². The monoisotopic (exact) mass is 467 g/mol. The Bertz CT molecular complexity index is 1060. The molecule has 176 valence electrons. The summed E-state index contributed by atoms with van der Waals surface area (Å²) < 4.78 is 5.74. The number of benzene rings is 2. The van der Waals surface area contributed by atoms with Gasteiger partial charge in [0.15, 0.2) is 0 Å². The average Bonchev–Trinajstić information content (AvgIpc) is 3.24. The second-order valence-corrected chi connectivity index (χ2v) is 10.6. The van der Waals surface area contributed by atoms with Crippen molar-refractivity contribution in [1.29, 1.82) is 0 Å². The van der Waals surface area contributed by atoms with Crippen molar-refractivity contribution in [2.45, 2.75) is 77.0 Å². The second-order valence-electron chi connectivity index (χ2n) is 10.1. The third-order valence-electron chi connectivity index (χ3n) is 6.60. The van der Waals surface area contributed by atoms with Crippen molar-refractivity contribution in [3.8, 4) is 0 Å². The Morgan fingerprint density at radius 1 is 1.18 bits per heavy atom. The summed E-state index contributed by atoms with van der Waals surface area (Å²) in [6.07, 6.45) is 4.28. The largest absolute Gasteiger partial charge is 0.459 e. The van der Waals surface area contributed by atoms with E-state index in [0.29, 0.717) is 16.9 Å². The standard InChI is InChI=1S/C27H34ClN3O2/c1-5-22(16-12-13-20-19-10-7-11-21(19)25(29)31-23(20)15-16)30-24(26(32)33-27(2,3)4)17-8-6-9-18(28)14-17/h6,8-9,12-15,19,21-22,24,30H,5,7,10-11H2,1-4H3,(H2,29,31). The van der Waals surface area contributed by atoms with Gasteiger partial charge < -0.3 is 10.5 Å². The number of hydrogen-bond donors (Lipinski definition) is 2. The van der Waals surface area contributed by atoms with Crippen molar-refractivity contribution in [1.82, 2.24) is 5.32 Å². The average molecular weight is 468 g/mol. The van der Waals surface area contributed by atoms with Crippen molar-refractivity contribution in [2.24, 2.45) is 16.6 Å². The maximum absolute atomic E-state index is 13.2. The number of rotatable bonds is 6. The topological polar surface area (TPSA) is 76.7 Å². The number of aliphatic imine (C=N–C) groups is 1. The summed E-state index contributed by atoms with van der Waals surface area (Å²) in [5.41, 5.74) is 9.86. The number of nitrogens with zero attached hydrogens (tertiary/aromatic N) is 1. The Hall–Kier alpha value is -2.37. The molecule has 2 aromatic rings. The zero-order valence-corrected chi connectivity index (χ0v) is 20.7. The number of carbonyl (C=O) groups is 1. The zero-order chi connectivity index (χ0) is 23.8. The van der Waals surface area contributed by atoms with Gasteiger partial charge in [-0.1, -0.05) is 49.2 Å². The van der Waals surface area contributed by atoms with Gasteiger partial charge in [0, 0.05) is 17.0 Å². The highest BCUT2D eigenvalue weighted by molar-refractivity contribution is 6.30. The Kier molecular flexibility index (Phi) is 6.83. The highest BCUT2D eigenvalue weighted by atomic mass is 35.5. The number of ether oxygens (including phenoxy) is 1. The van der Waals surface area contributed by atoms with Crippen LogP contribution in [-0.2, 0) is 9.53 Å². The first-order valence-electron chi connectivity index (χ1n) is 11.9. The van der Waals surface area contributed by atoms with E-state index in [-0.39, 0.29) is 12.0 Å². The minimum atomic E-state index is -0.642. The van der Waals surface area contributed by atoms with Crippen LogP contribution in [0.3, 0.4) is 0 Å². The number of esters is 1. The van der Waals surface area contributed by atoms with Crippen LogP contribution in [0.25, 0.3) is 0 Å². The third kappa shape index (κ3) is 5.25. The summed E-state index contributed by atoms with van der Waals surface area (Å²) in [5, 5.41) is 4.12. The quantitative estimate of drug-likeness (QED) is 0.485. The van der Waals surface area contributed by atoms with Gasteiger partial charge in [0.2, 0.25) is 0 Å². The highest BCUT2D eigenvalue weighted by Gasteiger charge is 2.36. The molecule has 1 heterocycles. The molecule has 0 spiro atoms. The molecule has 4 atom stereocenters. The van der Waals surface area contributed by atoms with Gasteiger partial charge in [-0.15, -0.1) is 0 Å². The van der Waals surface area contributed by atoms with Crippen LogP contribution in [-0.4, -0.2) is 17.4 Å². The summed E-state index contributed by atoms with van der Waals surface area (Å²) in [6, 6.07) is 13.2. The molecule has 0 saturated heterocycles. The van der Waals surface area contributed by atoms with E-state index in [2.05, 4.69) is 30.4 Å². The number of carbonyl (C=O) groups excluding carboxylic acids is 1. The molecule has 1 fully saturated rings. The predicted molar refractivity (Wildman–Crippen MR) is 134 cm³/mol. The maximum atomic E-state index is 13.2. The minimum Gasteiger partial charge on any atom is -0.459 e. The highest BCUT2D eigenvalue weighted by Crippen LogP contribution is 2.47. The van der Waals surface area contributed by atoms with E-state index >= 15 is 0 Å². The Morgan fingerprint density at radius 3 is 2.64 bits per heavy atom. The molecule has 2 aromatic carbocycles. The smallest absolute Gasteiger partial charge is 0.328 e. The van der Waals surface area contributed by atoms with Crippen LogP contribution in [0.1, 0.15) is 88.1 Å². The maximum Gasteiger partial charge on any atom is 0.328 e. The predicted octanol–water partition coefficient (Wildman–Crippen LogP) is 6.35. The number of fused-ring (bicyclic) bond motifs is 3. The molecule has 4 unspecified atom stereocenters. The molecule has 3 N–H and O–H groups in total. The molecule has 4 rings (SSSR count). The molecule has 33 heavy (non-hydrogen) atoms. The van der Waals surface area contributed by atoms with E-state index in [9.17, 15) is 4.79 Å². The lowest BCUT2D eigenvalue weighted by atomic mass is 9.84. The fourth-order valence-electron chi connectivity index (χ4n) is 5.09. The van der Waals surface area contributed by atoms with Crippen LogP contribution < -0.4 is 11.1 Å². The lowest BCUT2D eigenvalue weighted by molar-refractivity contribution is -0.158.